The minimum atomic E-state index is -0.0947. The molecule has 0 unspecified atom stereocenters. The van der Waals surface area contributed by atoms with Gasteiger partial charge in [0, 0.05) is 29.1 Å². The maximum atomic E-state index is 12.7. The Morgan fingerprint density at radius 3 is 2.88 bits per heavy atom. The van der Waals surface area contributed by atoms with Gasteiger partial charge >= 0.3 is 0 Å². The maximum Gasteiger partial charge on any atom is 0.255 e. The molecule has 0 bridgehead atoms. The van der Waals surface area contributed by atoms with Crippen molar-refractivity contribution in [1.82, 2.24) is 24.6 Å². The van der Waals surface area contributed by atoms with E-state index in [9.17, 15) is 4.79 Å². The number of carbonyl (C=O) groups is 1. The molecule has 1 amide bonds. The number of carbonyl (C=O) groups excluding carboxylic acids is 1. The molecule has 7 heteroatoms. The van der Waals surface area contributed by atoms with Gasteiger partial charge in [0.05, 0.1) is 17.6 Å². The van der Waals surface area contributed by atoms with E-state index in [4.69, 9.17) is 0 Å². The van der Waals surface area contributed by atoms with E-state index >= 15 is 0 Å². The zero-order valence-electron chi connectivity index (χ0n) is 13.8. The Balaban J connectivity index is 1.84. The molecule has 0 aliphatic heterocycles. The van der Waals surface area contributed by atoms with E-state index in [1.54, 1.807) is 24.5 Å². The molecule has 3 aromatic rings. The van der Waals surface area contributed by atoms with Gasteiger partial charge in [-0.15, -0.1) is 10.2 Å². The van der Waals surface area contributed by atoms with Crippen LogP contribution in [0.15, 0.2) is 41.3 Å². The number of fused-ring (bicyclic) bond motifs is 1. The average Bonchev–Trinajstić information content (AvgIpc) is 3.01. The summed E-state index contributed by atoms with van der Waals surface area (Å²) in [6.45, 7) is 4.51. The minimum Gasteiger partial charge on any atom is -0.334 e. The number of hydrogen-bond donors (Lipinski definition) is 0. The molecule has 6 nitrogen and oxygen atoms in total. The SMILES string of the molecule is CC(C)n1cnnc1CN(C)C(=O)c1cnc2ccc(Br)cc2c1. The first-order valence-corrected chi connectivity index (χ1v) is 8.44. The summed E-state index contributed by atoms with van der Waals surface area (Å²) in [6, 6.07) is 7.91. The van der Waals surface area contributed by atoms with Gasteiger partial charge in [0.2, 0.25) is 0 Å². The fourth-order valence-electron chi connectivity index (χ4n) is 2.53. The lowest BCUT2D eigenvalue weighted by Crippen LogP contribution is -2.28. The second-order valence-electron chi connectivity index (χ2n) is 5.97. The molecular formula is C17H18BrN5O. The normalized spacial score (nSPS) is 11.2. The molecule has 0 aliphatic rings. The third-order valence-electron chi connectivity index (χ3n) is 3.82. The maximum absolute atomic E-state index is 12.7. The summed E-state index contributed by atoms with van der Waals surface area (Å²) in [5.74, 6) is 0.667. The summed E-state index contributed by atoms with van der Waals surface area (Å²) in [6.07, 6.45) is 3.30. The molecule has 0 fully saturated rings. The summed E-state index contributed by atoms with van der Waals surface area (Å²) in [4.78, 5) is 18.7. The Hall–Kier alpha value is -2.28. The first-order valence-electron chi connectivity index (χ1n) is 7.65. The van der Waals surface area contributed by atoms with Crippen molar-refractivity contribution in [1.29, 1.82) is 0 Å². The van der Waals surface area contributed by atoms with Crippen LogP contribution in [0.2, 0.25) is 0 Å². The van der Waals surface area contributed by atoms with Gasteiger partial charge in [0.25, 0.3) is 5.91 Å². The van der Waals surface area contributed by atoms with Crippen molar-refractivity contribution in [2.45, 2.75) is 26.4 Å². The highest BCUT2D eigenvalue weighted by atomic mass is 79.9. The number of benzene rings is 1. The van der Waals surface area contributed by atoms with Gasteiger partial charge in [-0.25, -0.2) is 0 Å². The Bertz CT molecular complexity index is 890. The van der Waals surface area contributed by atoms with Gasteiger partial charge in [0.1, 0.15) is 6.33 Å². The van der Waals surface area contributed by atoms with E-state index in [1.165, 1.54) is 0 Å². The van der Waals surface area contributed by atoms with Crippen LogP contribution >= 0.6 is 15.9 Å². The number of nitrogens with zero attached hydrogens (tertiary/aromatic N) is 5. The Morgan fingerprint density at radius 2 is 2.12 bits per heavy atom. The number of rotatable bonds is 4. The molecule has 0 saturated heterocycles. The van der Waals surface area contributed by atoms with Crippen molar-refractivity contribution < 1.29 is 4.79 Å². The molecule has 2 heterocycles. The highest BCUT2D eigenvalue weighted by molar-refractivity contribution is 9.10. The number of aromatic nitrogens is 4. The summed E-state index contributed by atoms with van der Waals surface area (Å²) >= 11 is 3.44. The highest BCUT2D eigenvalue weighted by Gasteiger charge is 2.16. The van der Waals surface area contributed by atoms with Crippen molar-refractivity contribution in [2.75, 3.05) is 7.05 Å². The molecule has 124 valence electrons. The quantitative estimate of drug-likeness (QED) is 0.687. The first kappa shape index (κ1) is 16.6. The van der Waals surface area contributed by atoms with E-state index < -0.39 is 0 Å². The van der Waals surface area contributed by atoms with Crippen LogP contribution in [-0.2, 0) is 6.54 Å². The number of pyridine rings is 1. The van der Waals surface area contributed by atoms with Gasteiger partial charge in [0.15, 0.2) is 5.82 Å². The van der Waals surface area contributed by atoms with Gasteiger partial charge in [-0.05, 0) is 38.1 Å². The Kier molecular flexibility index (Phi) is 4.62. The standard InChI is InChI=1S/C17H18BrN5O/c1-11(2)23-10-20-21-16(23)9-22(3)17(24)13-6-12-7-14(18)4-5-15(12)19-8-13/h4-8,10-11H,9H2,1-3H3. The number of amides is 1. The number of hydrogen-bond acceptors (Lipinski definition) is 4. The predicted octanol–water partition coefficient (Wildman–Crippen LogP) is 3.44. The topological polar surface area (TPSA) is 63.9 Å². The Morgan fingerprint density at radius 1 is 1.33 bits per heavy atom. The lowest BCUT2D eigenvalue weighted by Gasteiger charge is -2.18. The minimum absolute atomic E-state index is 0.0947. The van der Waals surface area contributed by atoms with Gasteiger partial charge in [-0.3, -0.25) is 9.78 Å². The van der Waals surface area contributed by atoms with Crippen LogP contribution in [0.5, 0.6) is 0 Å². The third kappa shape index (κ3) is 3.31. The van der Waals surface area contributed by atoms with Crippen LogP contribution in [-0.4, -0.2) is 37.6 Å². The first-order chi connectivity index (χ1) is 11.5. The van der Waals surface area contributed by atoms with Crippen molar-refractivity contribution in [3.63, 3.8) is 0 Å². The van der Waals surface area contributed by atoms with E-state index in [0.29, 0.717) is 12.1 Å². The van der Waals surface area contributed by atoms with Crippen LogP contribution in [0.1, 0.15) is 36.1 Å². The fourth-order valence-corrected chi connectivity index (χ4v) is 2.91. The zero-order chi connectivity index (χ0) is 17.3. The van der Waals surface area contributed by atoms with Crippen molar-refractivity contribution in [2.24, 2.45) is 0 Å². The Labute approximate surface area is 148 Å². The summed E-state index contributed by atoms with van der Waals surface area (Å²) in [5, 5.41) is 8.97. The van der Waals surface area contributed by atoms with Crippen LogP contribution in [0, 0.1) is 0 Å². The molecule has 24 heavy (non-hydrogen) atoms. The number of halogens is 1. The molecular weight excluding hydrogens is 370 g/mol. The molecule has 0 atom stereocenters. The predicted molar refractivity (Wildman–Crippen MR) is 95.6 cm³/mol. The van der Waals surface area contributed by atoms with Gasteiger partial charge in [-0.1, -0.05) is 15.9 Å². The second-order valence-corrected chi connectivity index (χ2v) is 6.89. The van der Waals surface area contributed by atoms with Crippen LogP contribution in [0.25, 0.3) is 10.9 Å². The summed E-state index contributed by atoms with van der Waals surface area (Å²) < 4.78 is 2.92. The third-order valence-corrected chi connectivity index (χ3v) is 4.31. The molecule has 3 rings (SSSR count). The van der Waals surface area contributed by atoms with E-state index in [2.05, 4.69) is 45.0 Å². The van der Waals surface area contributed by atoms with Crippen LogP contribution < -0.4 is 0 Å². The molecule has 0 saturated carbocycles. The second kappa shape index (κ2) is 6.68. The average molecular weight is 388 g/mol. The summed E-state index contributed by atoms with van der Waals surface area (Å²) in [5.41, 5.74) is 1.41. The monoisotopic (exact) mass is 387 g/mol. The van der Waals surface area contributed by atoms with Crippen molar-refractivity contribution in [3.05, 3.63) is 52.7 Å². The van der Waals surface area contributed by atoms with Crippen molar-refractivity contribution >= 4 is 32.7 Å². The lowest BCUT2D eigenvalue weighted by molar-refractivity contribution is 0.0779. The fraction of sp³-hybridized carbons (Fsp3) is 0.294. The summed E-state index contributed by atoms with van der Waals surface area (Å²) in [7, 11) is 1.76. The molecule has 0 radical (unpaired) electrons. The highest BCUT2D eigenvalue weighted by Crippen LogP contribution is 2.20. The zero-order valence-corrected chi connectivity index (χ0v) is 15.4. The van der Waals surface area contributed by atoms with Crippen LogP contribution in [0.4, 0.5) is 0 Å². The van der Waals surface area contributed by atoms with Gasteiger partial charge < -0.3 is 9.47 Å². The van der Waals surface area contributed by atoms with E-state index in [1.807, 2.05) is 28.8 Å². The van der Waals surface area contributed by atoms with E-state index in [-0.39, 0.29) is 11.9 Å². The van der Waals surface area contributed by atoms with Crippen molar-refractivity contribution in [3.8, 4) is 0 Å². The largest absolute Gasteiger partial charge is 0.334 e. The molecule has 2 aromatic heterocycles. The van der Waals surface area contributed by atoms with Gasteiger partial charge in [-0.2, -0.15) is 0 Å². The smallest absolute Gasteiger partial charge is 0.255 e. The lowest BCUT2D eigenvalue weighted by atomic mass is 10.1. The van der Waals surface area contributed by atoms with E-state index in [0.717, 1.165) is 21.2 Å². The molecule has 0 spiro atoms. The molecule has 1 aromatic carbocycles. The van der Waals surface area contributed by atoms with Crippen LogP contribution in [0.3, 0.4) is 0 Å². The molecule has 0 aliphatic carbocycles. The molecule has 0 N–H and O–H groups in total.